The number of rotatable bonds is 8. The lowest BCUT2D eigenvalue weighted by molar-refractivity contribution is -0.128. The Bertz CT molecular complexity index is 669. The Balaban J connectivity index is 1.78. The van der Waals surface area contributed by atoms with Crippen molar-refractivity contribution < 1.29 is 14.3 Å². The molecule has 4 heteroatoms. The number of amides is 1. The maximum atomic E-state index is 12.3. The van der Waals surface area contributed by atoms with Gasteiger partial charge in [-0.15, -0.1) is 0 Å². The summed E-state index contributed by atoms with van der Waals surface area (Å²) in [6.45, 7) is 6.80. The van der Waals surface area contributed by atoms with E-state index in [0.29, 0.717) is 25.3 Å². The number of carbonyl (C=O) groups excluding carboxylic acids is 1. The van der Waals surface area contributed by atoms with Gasteiger partial charge in [-0.2, -0.15) is 0 Å². The molecule has 0 bridgehead atoms. The predicted molar refractivity (Wildman–Crippen MR) is 95.6 cm³/mol. The minimum atomic E-state index is -0.495. The molecule has 0 fully saturated rings. The van der Waals surface area contributed by atoms with Crippen molar-refractivity contribution in [3.05, 3.63) is 59.7 Å². The minimum absolute atomic E-state index is 0.118. The van der Waals surface area contributed by atoms with Crippen molar-refractivity contribution in [3.63, 3.8) is 0 Å². The van der Waals surface area contributed by atoms with Crippen molar-refractivity contribution in [2.24, 2.45) is 0 Å². The van der Waals surface area contributed by atoms with Crippen molar-refractivity contribution in [2.45, 2.75) is 33.3 Å². The summed E-state index contributed by atoms with van der Waals surface area (Å²) in [4.78, 5) is 12.3. The summed E-state index contributed by atoms with van der Waals surface area (Å²) in [7, 11) is 0. The average Bonchev–Trinajstić information content (AvgIpc) is 2.58. The van der Waals surface area contributed by atoms with Crippen LogP contribution in [0.1, 0.15) is 24.5 Å². The van der Waals surface area contributed by atoms with E-state index < -0.39 is 6.10 Å². The number of carbonyl (C=O) groups is 1. The van der Waals surface area contributed by atoms with Crippen molar-refractivity contribution in [1.29, 1.82) is 0 Å². The van der Waals surface area contributed by atoms with E-state index in [2.05, 4.69) is 5.32 Å². The highest BCUT2D eigenvalue weighted by Gasteiger charge is 2.17. The molecule has 24 heavy (non-hydrogen) atoms. The van der Waals surface area contributed by atoms with E-state index in [4.69, 9.17) is 9.47 Å². The fourth-order valence-corrected chi connectivity index (χ4v) is 2.34. The van der Waals surface area contributed by atoms with Crippen LogP contribution in [0, 0.1) is 13.8 Å². The van der Waals surface area contributed by atoms with E-state index in [-0.39, 0.29) is 5.91 Å². The van der Waals surface area contributed by atoms with Crippen LogP contribution in [0.15, 0.2) is 48.5 Å². The lowest BCUT2D eigenvalue weighted by atomic mass is 10.2. The first-order valence-electron chi connectivity index (χ1n) is 8.29. The van der Waals surface area contributed by atoms with Gasteiger partial charge in [-0.25, -0.2) is 0 Å². The Kier molecular flexibility index (Phi) is 6.67. The van der Waals surface area contributed by atoms with Gasteiger partial charge in [0.25, 0.3) is 5.91 Å². The standard InChI is InChI=1S/C20H25NO3/c1-4-18(24-17-10-7-8-15(2)14-17)20(22)21-12-13-23-19-11-6-5-9-16(19)3/h5-11,14,18H,4,12-13H2,1-3H3,(H,21,22)/t18-/m1/s1. The van der Waals surface area contributed by atoms with Crippen molar-refractivity contribution >= 4 is 5.91 Å². The Morgan fingerprint density at radius 2 is 1.92 bits per heavy atom. The third kappa shape index (κ3) is 5.30. The second-order valence-corrected chi connectivity index (χ2v) is 5.74. The normalized spacial score (nSPS) is 11.6. The molecule has 0 saturated heterocycles. The van der Waals surface area contributed by atoms with E-state index in [9.17, 15) is 4.79 Å². The van der Waals surface area contributed by atoms with Gasteiger partial charge in [0.05, 0.1) is 6.54 Å². The SMILES string of the molecule is CC[C@@H](Oc1cccc(C)c1)C(=O)NCCOc1ccccc1C. The van der Waals surface area contributed by atoms with Gasteiger partial charge in [-0.05, 0) is 49.6 Å². The fraction of sp³-hybridized carbons (Fsp3) is 0.350. The van der Waals surface area contributed by atoms with Crippen LogP contribution in [0.2, 0.25) is 0 Å². The zero-order chi connectivity index (χ0) is 17.4. The highest BCUT2D eigenvalue weighted by atomic mass is 16.5. The number of aryl methyl sites for hydroxylation is 2. The lowest BCUT2D eigenvalue weighted by Gasteiger charge is -2.18. The van der Waals surface area contributed by atoms with Crippen LogP contribution in [0.25, 0.3) is 0 Å². The predicted octanol–water partition coefficient (Wildman–Crippen LogP) is 3.66. The summed E-state index contributed by atoms with van der Waals surface area (Å²) in [5.41, 5.74) is 2.19. The van der Waals surface area contributed by atoms with E-state index in [1.807, 2.05) is 69.3 Å². The van der Waals surface area contributed by atoms with Gasteiger partial charge in [-0.1, -0.05) is 37.3 Å². The topological polar surface area (TPSA) is 47.6 Å². The number of hydrogen-bond donors (Lipinski definition) is 1. The largest absolute Gasteiger partial charge is 0.491 e. The summed E-state index contributed by atoms with van der Waals surface area (Å²) >= 11 is 0. The molecule has 0 radical (unpaired) electrons. The zero-order valence-corrected chi connectivity index (χ0v) is 14.5. The summed E-state index contributed by atoms with van der Waals surface area (Å²) in [6.07, 6.45) is 0.114. The quantitative estimate of drug-likeness (QED) is 0.753. The van der Waals surface area contributed by atoms with Crippen LogP contribution in [-0.4, -0.2) is 25.2 Å². The monoisotopic (exact) mass is 327 g/mol. The molecule has 1 N–H and O–H groups in total. The lowest BCUT2D eigenvalue weighted by Crippen LogP contribution is -2.39. The maximum Gasteiger partial charge on any atom is 0.261 e. The summed E-state index contributed by atoms with van der Waals surface area (Å²) in [6, 6.07) is 15.5. The molecule has 2 aromatic rings. The van der Waals surface area contributed by atoms with Gasteiger partial charge in [-0.3, -0.25) is 4.79 Å². The van der Waals surface area contributed by atoms with E-state index >= 15 is 0 Å². The molecule has 1 atom stereocenters. The van der Waals surface area contributed by atoms with Crippen molar-refractivity contribution in [2.75, 3.05) is 13.2 Å². The molecule has 0 unspecified atom stereocenters. The highest BCUT2D eigenvalue weighted by molar-refractivity contribution is 5.81. The second-order valence-electron chi connectivity index (χ2n) is 5.74. The fourth-order valence-electron chi connectivity index (χ4n) is 2.34. The smallest absolute Gasteiger partial charge is 0.261 e. The van der Waals surface area contributed by atoms with Crippen molar-refractivity contribution in [1.82, 2.24) is 5.32 Å². The van der Waals surface area contributed by atoms with Crippen molar-refractivity contribution in [3.8, 4) is 11.5 Å². The van der Waals surface area contributed by atoms with E-state index in [1.165, 1.54) is 0 Å². The van der Waals surface area contributed by atoms with Crippen LogP contribution < -0.4 is 14.8 Å². The minimum Gasteiger partial charge on any atom is -0.491 e. The first-order valence-corrected chi connectivity index (χ1v) is 8.29. The Hall–Kier alpha value is -2.49. The number of benzene rings is 2. The third-order valence-corrected chi connectivity index (χ3v) is 3.68. The van der Waals surface area contributed by atoms with Crippen LogP contribution in [0.5, 0.6) is 11.5 Å². The van der Waals surface area contributed by atoms with Gasteiger partial charge in [0, 0.05) is 0 Å². The molecule has 1 amide bonds. The van der Waals surface area contributed by atoms with Gasteiger partial charge in [0.15, 0.2) is 6.10 Å². The first kappa shape index (κ1) is 17.9. The molecule has 2 aromatic carbocycles. The molecular formula is C20H25NO3. The van der Waals surface area contributed by atoms with Crippen LogP contribution in [0.4, 0.5) is 0 Å². The molecule has 0 spiro atoms. The van der Waals surface area contributed by atoms with Gasteiger partial charge < -0.3 is 14.8 Å². The van der Waals surface area contributed by atoms with E-state index in [1.54, 1.807) is 0 Å². The average molecular weight is 327 g/mol. The molecule has 0 heterocycles. The second kappa shape index (κ2) is 8.96. The van der Waals surface area contributed by atoms with Gasteiger partial charge in [0.2, 0.25) is 0 Å². The van der Waals surface area contributed by atoms with Crippen LogP contribution in [-0.2, 0) is 4.79 Å². The number of nitrogens with one attached hydrogen (secondary N) is 1. The van der Waals surface area contributed by atoms with Gasteiger partial charge in [0.1, 0.15) is 18.1 Å². The first-order chi connectivity index (χ1) is 11.6. The molecule has 0 aliphatic carbocycles. The number of hydrogen-bond acceptors (Lipinski definition) is 3. The molecule has 0 aliphatic rings. The van der Waals surface area contributed by atoms with Crippen LogP contribution in [0.3, 0.4) is 0 Å². The molecular weight excluding hydrogens is 302 g/mol. The zero-order valence-electron chi connectivity index (χ0n) is 14.5. The number of para-hydroxylation sites is 1. The van der Waals surface area contributed by atoms with E-state index in [0.717, 1.165) is 16.9 Å². The Morgan fingerprint density at radius 3 is 2.62 bits per heavy atom. The van der Waals surface area contributed by atoms with Crippen LogP contribution >= 0.6 is 0 Å². The Morgan fingerprint density at radius 1 is 1.12 bits per heavy atom. The summed E-state index contributed by atoms with van der Waals surface area (Å²) in [5, 5.41) is 2.87. The molecule has 4 nitrogen and oxygen atoms in total. The van der Waals surface area contributed by atoms with Gasteiger partial charge >= 0.3 is 0 Å². The number of ether oxygens (including phenoxy) is 2. The molecule has 0 aromatic heterocycles. The summed E-state index contributed by atoms with van der Waals surface area (Å²) in [5.74, 6) is 1.44. The molecule has 128 valence electrons. The molecule has 2 rings (SSSR count). The highest BCUT2D eigenvalue weighted by Crippen LogP contribution is 2.16. The molecule has 0 saturated carbocycles. The Labute approximate surface area is 143 Å². The summed E-state index contributed by atoms with van der Waals surface area (Å²) < 4.78 is 11.5. The molecule has 0 aliphatic heterocycles. The maximum absolute atomic E-state index is 12.3. The third-order valence-electron chi connectivity index (χ3n) is 3.68.